The third-order valence-electron chi connectivity index (χ3n) is 0.607. The Labute approximate surface area is 163 Å². The van der Waals surface area contributed by atoms with E-state index in [0.29, 0.717) is 29.2 Å². The van der Waals surface area contributed by atoms with E-state index < -0.39 is 5.92 Å². The maximum absolute atomic E-state index is 11.0. The highest BCUT2D eigenvalue weighted by Crippen LogP contribution is 2.23. The van der Waals surface area contributed by atoms with Crippen LogP contribution >= 0.6 is 34.8 Å². The summed E-state index contributed by atoms with van der Waals surface area (Å²) in [6, 6.07) is 0. The summed E-state index contributed by atoms with van der Waals surface area (Å²) < 4.78 is 32.1. The van der Waals surface area contributed by atoms with Crippen LogP contribution in [0.25, 0.3) is 0 Å². The van der Waals surface area contributed by atoms with Crippen LogP contribution in [0.1, 0.15) is 69.2 Å². The van der Waals surface area contributed by atoms with Crippen molar-refractivity contribution in [1.82, 2.24) is 0 Å². The van der Waals surface area contributed by atoms with Gasteiger partial charge in [-0.15, -0.1) is 6.58 Å². The van der Waals surface area contributed by atoms with E-state index >= 15 is 0 Å². The smallest absolute Gasteiger partial charge is 0.242 e. The van der Waals surface area contributed by atoms with Gasteiger partial charge in [0.15, 0.2) is 0 Å². The Kier molecular flexibility index (Phi) is 39.9. The second-order valence-electron chi connectivity index (χ2n) is 6.01. The molecular formula is C16H40F2O3P4. The molecular weight excluding hydrogens is 402 g/mol. The van der Waals surface area contributed by atoms with E-state index in [1.807, 2.05) is 41.5 Å². The van der Waals surface area contributed by atoms with Crippen molar-refractivity contribution in [3.05, 3.63) is 12.2 Å². The zero-order valence-corrected chi connectivity index (χ0v) is 21.8. The molecule has 25 heavy (non-hydrogen) atoms. The van der Waals surface area contributed by atoms with Crippen molar-refractivity contribution >= 4 is 40.6 Å². The molecule has 9 heteroatoms. The molecule has 156 valence electrons. The van der Waals surface area contributed by atoms with E-state index in [1.54, 1.807) is 0 Å². The Hall–Kier alpha value is 0.910. The number of allylic oxidation sites excluding steroid dienone is 1. The Balaban J connectivity index is -0.0000000675. The Morgan fingerprint density at radius 2 is 1.04 bits per heavy atom. The topological polar surface area (TPSA) is 35.5 Å². The minimum atomic E-state index is -2.50. The number of hydrogen-bond donors (Lipinski definition) is 0. The van der Waals surface area contributed by atoms with Gasteiger partial charge in [-0.25, -0.2) is 8.78 Å². The molecule has 0 amide bonds. The molecule has 0 radical (unpaired) electrons. The van der Waals surface area contributed by atoms with Crippen LogP contribution in [-0.4, -0.2) is 23.9 Å². The van der Waals surface area contributed by atoms with Crippen LogP contribution in [-0.2, 0) is 13.8 Å². The average molecular weight is 442 g/mol. The van der Waals surface area contributed by atoms with Gasteiger partial charge in [-0.05, 0) is 69.2 Å². The molecule has 0 N–H and O–H groups in total. The molecule has 0 rings (SSSR count). The first-order valence-corrected chi connectivity index (χ1v) is 13.1. The molecule has 0 saturated heterocycles. The summed E-state index contributed by atoms with van der Waals surface area (Å²) in [5.74, 6) is -2.33. The van der Waals surface area contributed by atoms with Gasteiger partial charge in [0.1, 0.15) is 5.78 Å². The maximum atomic E-state index is 11.0. The number of carbonyl (C=O) groups is 1. The number of rotatable bonds is 4. The van der Waals surface area contributed by atoms with Crippen LogP contribution in [0.15, 0.2) is 12.2 Å². The molecule has 4 atom stereocenters. The van der Waals surface area contributed by atoms with E-state index in [4.69, 9.17) is 9.05 Å². The highest BCUT2D eigenvalue weighted by Gasteiger charge is 2.08. The van der Waals surface area contributed by atoms with E-state index in [1.165, 1.54) is 19.4 Å². The maximum Gasteiger partial charge on any atom is 0.242 e. The lowest BCUT2D eigenvalue weighted by molar-refractivity contribution is -0.115. The van der Waals surface area contributed by atoms with Gasteiger partial charge in [0, 0.05) is 17.0 Å². The predicted molar refractivity (Wildman–Crippen MR) is 122 cm³/mol. The number of alkyl halides is 2. The largest absolute Gasteiger partial charge is 0.356 e. The lowest BCUT2D eigenvalue weighted by Crippen LogP contribution is -1.98. The second-order valence-corrected chi connectivity index (χ2v) is 8.37. The predicted octanol–water partition coefficient (Wildman–Crippen LogP) is 7.43. The fourth-order valence-corrected chi connectivity index (χ4v) is 2.45. The van der Waals surface area contributed by atoms with Crippen molar-refractivity contribution in [2.24, 2.45) is 0 Å². The summed E-state index contributed by atoms with van der Waals surface area (Å²) >= 11 is 0. The van der Waals surface area contributed by atoms with Gasteiger partial charge in [0.2, 0.25) is 5.92 Å². The van der Waals surface area contributed by atoms with Crippen molar-refractivity contribution < 1.29 is 22.6 Å². The quantitative estimate of drug-likeness (QED) is 0.336. The minimum absolute atomic E-state index is 0.167. The number of hydrogen-bond acceptors (Lipinski definition) is 3. The first-order valence-electron chi connectivity index (χ1n) is 7.70. The van der Waals surface area contributed by atoms with E-state index in [9.17, 15) is 13.6 Å². The molecule has 0 heterocycles. The first kappa shape index (κ1) is 36.8. The van der Waals surface area contributed by atoms with Crippen LogP contribution in [0, 0.1) is 0 Å². The summed E-state index contributed by atoms with van der Waals surface area (Å²) in [7, 11) is 6.17. The molecule has 0 bridgehead atoms. The molecule has 0 aromatic rings. The Morgan fingerprint density at radius 3 is 1.04 bits per heavy atom. The molecule has 0 aromatic carbocycles. The molecule has 0 aliphatic heterocycles. The minimum Gasteiger partial charge on any atom is -0.356 e. The van der Waals surface area contributed by atoms with E-state index in [0.717, 1.165) is 13.8 Å². The highest BCUT2D eigenvalue weighted by molar-refractivity contribution is 8.00. The zero-order valence-electron chi connectivity index (χ0n) is 17.5. The van der Waals surface area contributed by atoms with E-state index in [-0.39, 0.29) is 5.78 Å². The number of ketones is 1. The van der Waals surface area contributed by atoms with Crippen molar-refractivity contribution in [2.75, 3.05) is 0 Å². The standard InChI is InChI=1S/C4H8.C3H6F2.2C3H10OP2.C3H6O/c1-4(2)3;1-3(2,4)5;2*1-3(2)4-6-5;1-3(2)4/h1H2,2-3H3;1-2H3;2*3,6H,5H2,1-2H3;1-2H3. The molecule has 0 saturated carbocycles. The highest BCUT2D eigenvalue weighted by atomic mass is 32.0. The van der Waals surface area contributed by atoms with Crippen LogP contribution in [0.2, 0.25) is 0 Å². The Bertz CT molecular complexity index is 249. The van der Waals surface area contributed by atoms with Gasteiger partial charge in [-0.2, -0.15) is 0 Å². The number of halogens is 2. The molecule has 0 spiro atoms. The van der Waals surface area contributed by atoms with Gasteiger partial charge < -0.3 is 13.8 Å². The summed E-state index contributed by atoms with van der Waals surface area (Å²) in [5.41, 5.74) is 1.17. The summed E-state index contributed by atoms with van der Waals surface area (Å²) in [6.45, 7) is 20.4. The van der Waals surface area contributed by atoms with Crippen molar-refractivity contribution in [3.63, 3.8) is 0 Å². The van der Waals surface area contributed by atoms with Gasteiger partial charge >= 0.3 is 0 Å². The molecule has 0 aromatic heterocycles. The van der Waals surface area contributed by atoms with Gasteiger partial charge in [-0.1, -0.05) is 23.4 Å². The Morgan fingerprint density at radius 1 is 0.920 bits per heavy atom. The van der Waals surface area contributed by atoms with Crippen LogP contribution in [0.4, 0.5) is 8.78 Å². The molecule has 0 fully saturated rings. The second kappa shape index (κ2) is 27.1. The molecule has 4 unspecified atom stereocenters. The van der Waals surface area contributed by atoms with Crippen LogP contribution in [0.5, 0.6) is 0 Å². The first-order chi connectivity index (χ1) is 11.0. The number of Topliss-reactive ketones (excluding diaryl/α,β-unsaturated/α-hetero) is 1. The number of carbonyl (C=O) groups excluding carboxylic acids is 1. The van der Waals surface area contributed by atoms with Crippen molar-refractivity contribution in [2.45, 2.75) is 87.4 Å². The fourth-order valence-electron chi connectivity index (χ4n) is 0.272. The third kappa shape index (κ3) is 274. The summed E-state index contributed by atoms with van der Waals surface area (Å²) in [6.07, 6.45) is 0.779. The lowest BCUT2D eigenvalue weighted by atomic mass is 10.4. The monoisotopic (exact) mass is 442 g/mol. The van der Waals surface area contributed by atoms with Gasteiger partial charge in [0.25, 0.3) is 0 Å². The van der Waals surface area contributed by atoms with Crippen molar-refractivity contribution in [3.8, 4) is 0 Å². The lowest BCUT2D eigenvalue weighted by Gasteiger charge is -1.99. The summed E-state index contributed by atoms with van der Waals surface area (Å²) in [4.78, 5) is 9.44. The fraction of sp³-hybridized carbons (Fsp3) is 0.812. The molecule has 3 nitrogen and oxygen atoms in total. The van der Waals surface area contributed by atoms with Crippen LogP contribution < -0.4 is 0 Å². The molecule has 0 aliphatic carbocycles. The third-order valence-corrected chi connectivity index (χ3v) is 2.64. The average Bonchev–Trinajstić information content (AvgIpc) is 2.24. The molecule has 0 aliphatic rings. The van der Waals surface area contributed by atoms with Crippen LogP contribution in [0.3, 0.4) is 0 Å². The SMILES string of the molecule is C=C(C)C.CC(C)(F)F.CC(C)=O.CC(C)OPP.CC(C)OPP. The zero-order chi connectivity index (χ0) is 21.6. The van der Waals surface area contributed by atoms with Gasteiger partial charge in [0.05, 0.1) is 12.2 Å². The van der Waals surface area contributed by atoms with E-state index in [2.05, 4.69) is 24.4 Å². The van der Waals surface area contributed by atoms with Gasteiger partial charge in [-0.3, -0.25) is 0 Å². The summed E-state index contributed by atoms with van der Waals surface area (Å²) in [5, 5.41) is 0. The normalized spacial score (nSPS) is 10.2. The van der Waals surface area contributed by atoms with Crippen molar-refractivity contribution in [1.29, 1.82) is 0 Å².